The molecular weight excluding hydrogens is 548 g/mol. The predicted molar refractivity (Wildman–Crippen MR) is 138 cm³/mol. The Balaban J connectivity index is 1.48. The van der Waals surface area contributed by atoms with Gasteiger partial charge in [0.15, 0.2) is 22.3 Å². The summed E-state index contributed by atoms with van der Waals surface area (Å²) >= 11 is 12.7. The van der Waals surface area contributed by atoms with Gasteiger partial charge in [-0.25, -0.2) is 9.98 Å². The van der Waals surface area contributed by atoms with E-state index < -0.39 is 11.7 Å². The first-order valence-electron chi connectivity index (χ1n) is 11.1. The molecule has 0 bridgehead atoms. The Hall–Kier alpha value is -3.81. The SMILES string of the molecule is Cn1c(Nc2cc(OC3CNC3)cc(C(F)(F)F)c2)nc2ncc(O/C(C=N)=C3/NC=CN=C3Cl)c(Cl)c21. The monoisotopic (exact) mass is 566 g/mol. The highest BCUT2D eigenvalue weighted by Crippen LogP contribution is 2.37. The van der Waals surface area contributed by atoms with E-state index in [1.807, 2.05) is 0 Å². The molecule has 0 spiro atoms. The number of imidazole rings is 1. The average molecular weight is 567 g/mol. The van der Waals surface area contributed by atoms with Gasteiger partial charge < -0.3 is 35.4 Å². The molecule has 0 radical (unpaired) electrons. The van der Waals surface area contributed by atoms with Gasteiger partial charge in [0.2, 0.25) is 5.95 Å². The minimum atomic E-state index is -4.57. The van der Waals surface area contributed by atoms with E-state index in [2.05, 4.69) is 30.9 Å². The Morgan fingerprint density at radius 3 is 2.71 bits per heavy atom. The predicted octanol–water partition coefficient (Wildman–Crippen LogP) is 4.69. The number of hydrogen-bond donors (Lipinski definition) is 4. The van der Waals surface area contributed by atoms with E-state index in [1.54, 1.807) is 7.05 Å². The molecular formula is C23H19Cl2F3N8O2. The molecule has 0 aliphatic carbocycles. The van der Waals surface area contributed by atoms with Crippen molar-refractivity contribution in [3.05, 3.63) is 58.8 Å². The van der Waals surface area contributed by atoms with Gasteiger partial charge in [0.05, 0.1) is 18.0 Å². The number of anilines is 2. The maximum atomic E-state index is 13.6. The van der Waals surface area contributed by atoms with Crippen LogP contribution in [0.25, 0.3) is 11.2 Å². The van der Waals surface area contributed by atoms with Crippen LogP contribution < -0.4 is 25.4 Å². The lowest BCUT2D eigenvalue weighted by atomic mass is 10.1. The van der Waals surface area contributed by atoms with Crippen LogP contribution in [0.1, 0.15) is 5.56 Å². The molecule has 2 aliphatic heterocycles. The van der Waals surface area contributed by atoms with E-state index in [9.17, 15) is 13.2 Å². The molecule has 0 unspecified atom stereocenters. The molecule has 10 nitrogen and oxygen atoms in total. The molecule has 2 aliphatic rings. The average Bonchev–Trinajstić information content (AvgIpc) is 3.16. The lowest BCUT2D eigenvalue weighted by Crippen LogP contribution is -2.50. The first kappa shape index (κ1) is 25.8. The topological polar surface area (TPSA) is 121 Å². The molecule has 15 heteroatoms. The largest absolute Gasteiger partial charge is 0.488 e. The van der Waals surface area contributed by atoms with Gasteiger partial charge in [-0.15, -0.1) is 0 Å². The van der Waals surface area contributed by atoms with Crippen molar-refractivity contribution in [3.8, 4) is 11.5 Å². The molecule has 1 saturated heterocycles. The number of benzene rings is 1. The summed E-state index contributed by atoms with van der Waals surface area (Å²) in [6.07, 6.45) is 0.437. The summed E-state index contributed by atoms with van der Waals surface area (Å²) < 4.78 is 53.6. The van der Waals surface area contributed by atoms with Gasteiger partial charge >= 0.3 is 6.18 Å². The van der Waals surface area contributed by atoms with Crippen LogP contribution in [0.15, 0.2) is 53.2 Å². The number of aliphatic imine (C=N–C) groups is 1. The fraction of sp³-hybridized carbons (Fsp3) is 0.217. The minimum absolute atomic E-state index is 0.0322. The number of rotatable bonds is 7. The highest BCUT2D eigenvalue weighted by atomic mass is 35.5. The normalized spacial score (nSPS) is 16.9. The summed E-state index contributed by atoms with van der Waals surface area (Å²) in [6.45, 7) is 1.11. The van der Waals surface area contributed by atoms with Crippen LogP contribution in [0.3, 0.4) is 0 Å². The second kappa shape index (κ2) is 10.2. The molecule has 4 N–H and O–H groups in total. The van der Waals surface area contributed by atoms with Crippen molar-refractivity contribution in [1.82, 2.24) is 25.2 Å². The van der Waals surface area contributed by atoms with Crippen LogP contribution in [0, 0.1) is 5.41 Å². The highest BCUT2D eigenvalue weighted by molar-refractivity contribution is 6.69. The van der Waals surface area contributed by atoms with Gasteiger partial charge in [-0.05, 0) is 12.1 Å². The molecule has 1 fully saturated rings. The zero-order valence-electron chi connectivity index (χ0n) is 19.5. The second-order valence-electron chi connectivity index (χ2n) is 8.24. The standard InChI is InChI=1S/C23H19Cl2F3N8O2/c1-36-19-17(24)16(38-15(7-29)18-20(25)32-3-2-31-18)10-33-21(19)35-22(36)34-12-4-11(23(26,27)28)5-13(6-12)37-14-8-30-9-14/h2-7,10,14,29-31H,8-9H2,1H3,(H,33,34,35)/b18-15+,29-7?. The molecule has 38 heavy (non-hydrogen) atoms. The van der Waals surface area contributed by atoms with Crippen molar-refractivity contribution in [1.29, 1.82) is 5.41 Å². The first-order valence-corrected chi connectivity index (χ1v) is 11.8. The van der Waals surface area contributed by atoms with E-state index in [1.165, 1.54) is 29.2 Å². The molecule has 1 aromatic carbocycles. The summed E-state index contributed by atoms with van der Waals surface area (Å²) in [7, 11) is 1.62. The molecule has 198 valence electrons. The summed E-state index contributed by atoms with van der Waals surface area (Å²) in [4.78, 5) is 12.6. The number of aromatic nitrogens is 3. The van der Waals surface area contributed by atoms with Gasteiger partial charge in [-0.2, -0.15) is 18.2 Å². The summed E-state index contributed by atoms with van der Waals surface area (Å²) in [5.74, 6) is 0.399. The van der Waals surface area contributed by atoms with Gasteiger partial charge in [0.25, 0.3) is 0 Å². The van der Waals surface area contributed by atoms with E-state index in [-0.39, 0.29) is 56.5 Å². The van der Waals surface area contributed by atoms with Crippen molar-refractivity contribution in [2.75, 3.05) is 18.4 Å². The zero-order chi connectivity index (χ0) is 27.0. The van der Waals surface area contributed by atoms with E-state index in [4.69, 9.17) is 38.1 Å². The number of nitrogens with zero attached hydrogens (tertiary/aromatic N) is 4. The van der Waals surface area contributed by atoms with Crippen LogP contribution in [0.4, 0.5) is 24.8 Å². The number of halogens is 5. The zero-order valence-corrected chi connectivity index (χ0v) is 21.0. The Kier molecular flexibility index (Phi) is 6.90. The fourth-order valence-electron chi connectivity index (χ4n) is 3.66. The van der Waals surface area contributed by atoms with Crippen LogP contribution in [0.2, 0.25) is 5.02 Å². The molecule has 0 saturated carbocycles. The van der Waals surface area contributed by atoms with Crippen molar-refractivity contribution in [2.45, 2.75) is 12.3 Å². The van der Waals surface area contributed by atoms with E-state index >= 15 is 0 Å². The lowest BCUT2D eigenvalue weighted by molar-refractivity contribution is -0.137. The van der Waals surface area contributed by atoms with Gasteiger partial charge in [0, 0.05) is 44.3 Å². The number of allylic oxidation sites excluding steroid dienone is 2. The summed E-state index contributed by atoms with van der Waals surface area (Å²) in [5, 5.41) is 16.7. The highest BCUT2D eigenvalue weighted by Gasteiger charge is 2.32. The van der Waals surface area contributed by atoms with Gasteiger partial charge in [-0.3, -0.25) is 0 Å². The van der Waals surface area contributed by atoms with Crippen LogP contribution in [-0.2, 0) is 13.2 Å². The minimum Gasteiger partial charge on any atom is -0.488 e. The molecule has 4 heterocycles. The number of nitrogens with one attached hydrogen (secondary N) is 4. The van der Waals surface area contributed by atoms with E-state index in [0.717, 1.165) is 18.3 Å². The number of hydrogen-bond acceptors (Lipinski definition) is 9. The maximum absolute atomic E-state index is 13.6. The van der Waals surface area contributed by atoms with E-state index in [0.29, 0.717) is 18.6 Å². The third kappa shape index (κ3) is 5.12. The molecule has 0 atom stereocenters. The van der Waals surface area contributed by atoms with Crippen LogP contribution in [-0.4, -0.2) is 45.1 Å². The number of fused-ring (bicyclic) bond motifs is 1. The number of pyridine rings is 1. The number of aryl methyl sites for hydroxylation is 1. The fourth-order valence-corrected chi connectivity index (χ4v) is 4.16. The van der Waals surface area contributed by atoms with Crippen molar-refractivity contribution < 1.29 is 22.6 Å². The summed E-state index contributed by atoms with van der Waals surface area (Å²) in [5.41, 5.74) is 0.0816. The number of ether oxygens (including phenoxy) is 2. The molecule has 3 aromatic rings. The Morgan fingerprint density at radius 2 is 2.05 bits per heavy atom. The summed E-state index contributed by atoms with van der Waals surface area (Å²) in [6, 6.07) is 3.40. The Morgan fingerprint density at radius 1 is 1.26 bits per heavy atom. The second-order valence-corrected chi connectivity index (χ2v) is 8.97. The third-order valence-corrected chi connectivity index (χ3v) is 6.29. The molecule has 2 aromatic heterocycles. The molecule has 0 amide bonds. The van der Waals surface area contributed by atoms with Crippen molar-refractivity contribution >= 4 is 57.4 Å². The van der Waals surface area contributed by atoms with Gasteiger partial charge in [-0.1, -0.05) is 23.2 Å². The quantitative estimate of drug-likeness (QED) is 0.242. The Labute approximate surface area is 223 Å². The number of alkyl halides is 3. The van der Waals surface area contributed by atoms with Gasteiger partial charge in [0.1, 0.15) is 28.1 Å². The lowest BCUT2D eigenvalue weighted by Gasteiger charge is -2.28. The van der Waals surface area contributed by atoms with Crippen molar-refractivity contribution in [3.63, 3.8) is 0 Å². The first-order chi connectivity index (χ1) is 18.1. The maximum Gasteiger partial charge on any atom is 0.416 e. The van der Waals surface area contributed by atoms with Crippen molar-refractivity contribution in [2.24, 2.45) is 12.0 Å². The third-order valence-electron chi connectivity index (χ3n) is 5.64. The van der Waals surface area contributed by atoms with Crippen LogP contribution >= 0.6 is 23.2 Å². The Bertz CT molecular complexity index is 1510. The molecule has 5 rings (SSSR count). The van der Waals surface area contributed by atoms with Crippen LogP contribution in [0.5, 0.6) is 11.5 Å². The smallest absolute Gasteiger partial charge is 0.416 e.